The highest BCUT2D eigenvalue weighted by atomic mass is 35.5. The highest BCUT2D eigenvalue weighted by Gasteiger charge is 2.22. The zero-order valence-corrected chi connectivity index (χ0v) is 20.6. The number of hydrogen-bond donors (Lipinski definition) is 1. The molecular weight excluding hydrogens is 488 g/mol. The van der Waals surface area contributed by atoms with E-state index in [9.17, 15) is 9.59 Å². The van der Waals surface area contributed by atoms with Gasteiger partial charge in [-0.3, -0.25) is 9.69 Å². The average molecular weight is 511 g/mol. The maximum Gasteiger partial charge on any atom is 0.321 e. The maximum atomic E-state index is 12.7. The molecule has 11 heteroatoms. The third-order valence-corrected chi connectivity index (χ3v) is 7.04. The lowest BCUT2D eigenvalue weighted by Crippen LogP contribution is -2.49. The Morgan fingerprint density at radius 1 is 1.11 bits per heavy atom. The summed E-state index contributed by atoms with van der Waals surface area (Å²) in [6, 6.07) is 16.0. The molecule has 1 aliphatic heterocycles. The van der Waals surface area contributed by atoms with Crippen LogP contribution in [0.5, 0.6) is 5.75 Å². The van der Waals surface area contributed by atoms with Gasteiger partial charge < -0.3 is 15.0 Å². The number of methoxy groups -OCH3 is 1. The lowest BCUT2D eigenvalue weighted by Gasteiger charge is -2.34. The second-order valence-corrected chi connectivity index (χ2v) is 9.46. The number of carbonyl (C=O) groups excluding carboxylic acids is 1. The Labute approximate surface area is 210 Å². The van der Waals surface area contributed by atoms with Gasteiger partial charge in [-0.25, -0.2) is 9.78 Å². The molecule has 2 aromatic heterocycles. The van der Waals surface area contributed by atoms with E-state index in [1.165, 1.54) is 21.9 Å². The van der Waals surface area contributed by atoms with E-state index in [1.54, 1.807) is 24.1 Å². The van der Waals surface area contributed by atoms with E-state index >= 15 is 0 Å². The van der Waals surface area contributed by atoms with Crippen LogP contribution in [0.25, 0.3) is 15.5 Å². The number of halogens is 1. The first-order valence-electron chi connectivity index (χ1n) is 11.1. The van der Waals surface area contributed by atoms with Crippen molar-refractivity contribution in [3.63, 3.8) is 0 Å². The molecule has 0 radical (unpaired) electrons. The van der Waals surface area contributed by atoms with Gasteiger partial charge in [0.1, 0.15) is 10.8 Å². The lowest BCUT2D eigenvalue weighted by atomic mass is 10.2. The number of aromatic nitrogens is 3. The van der Waals surface area contributed by atoms with E-state index in [2.05, 4.69) is 20.3 Å². The molecule has 0 unspecified atom stereocenters. The Hall–Kier alpha value is -3.47. The summed E-state index contributed by atoms with van der Waals surface area (Å²) in [5.41, 5.74) is 1.92. The highest BCUT2D eigenvalue weighted by Crippen LogP contribution is 2.30. The van der Waals surface area contributed by atoms with Crippen LogP contribution in [0.15, 0.2) is 59.4 Å². The zero-order chi connectivity index (χ0) is 24.4. The summed E-state index contributed by atoms with van der Waals surface area (Å²) in [5.74, 6) is 0.688. The fraction of sp³-hybridized carbons (Fsp3) is 0.250. The van der Waals surface area contributed by atoms with Crippen LogP contribution in [0.1, 0.15) is 5.69 Å². The van der Waals surface area contributed by atoms with E-state index in [0.717, 1.165) is 5.56 Å². The molecule has 2 aromatic carbocycles. The van der Waals surface area contributed by atoms with Gasteiger partial charge in [0.15, 0.2) is 0 Å². The van der Waals surface area contributed by atoms with Crippen molar-refractivity contribution in [2.45, 2.75) is 6.54 Å². The number of benzene rings is 2. The second-order valence-electron chi connectivity index (χ2n) is 8.09. The molecule has 4 aromatic rings. The average Bonchev–Trinajstić information content (AvgIpc) is 3.29. The molecule has 1 fully saturated rings. The van der Waals surface area contributed by atoms with Crippen molar-refractivity contribution in [3.05, 3.63) is 75.7 Å². The molecule has 0 bridgehead atoms. The molecule has 180 valence electrons. The summed E-state index contributed by atoms with van der Waals surface area (Å²) in [4.78, 5) is 34.5. The van der Waals surface area contributed by atoms with Crippen LogP contribution in [0.4, 0.5) is 10.5 Å². The number of anilines is 1. The van der Waals surface area contributed by atoms with Gasteiger partial charge in [-0.05, 0) is 18.2 Å². The number of hydrogen-bond acceptors (Lipinski definition) is 7. The SMILES string of the molecule is COc1cccc(NC(=O)N2CCN(Cc3cc(=O)n4nc(-c5ccccc5Cl)sc4n3)CC2)c1. The standard InChI is InChI=1S/C24H23ClN6O3S/c1-34-18-6-4-5-16(13-18)26-23(33)30-11-9-29(10-12-30)15-17-14-21(32)31-24(27-17)35-22(28-31)19-7-2-3-8-20(19)25/h2-8,13-14H,9-12,15H2,1H3,(H,26,33). The number of nitrogens with one attached hydrogen (secondary N) is 1. The zero-order valence-electron chi connectivity index (χ0n) is 19.0. The first-order chi connectivity index (χ1) is 17.0. The second kappa shape index (κ2) is 10.0. The van der Waals surface area contributed by atoms with Crippen molar-refractivity contribution in [1.29, 1.82) is 0 Å². The summed E-state index contributed by atoms with van der Waals surface area (Å²) in [5, 5.41) is 8.55. The Morgan fingerprint density at radius 3 is 2.69 bits per heavy atom. The topological polar surface area (TPSA) is 92.1 Å². The third kappa shape index (κ3) is 5.14. The molecule has 0 saturated carbocycles. The number of fused-ring (bicyclic) bond motifs is 1. The van der Waals surface area contributed by atoms with E-state index in [1.807, 2.05) is 36.4 Å². The Balaban J connectivity index is 1.23. The number of rotatable bonds is 5. The van der Waals surface area contributed by atoms with Gasteiger partial charge in [0, 0.05) is 56.1 Å². The number of amides is 2. The summed E-state index contributed by atoms with van der Waals surface area (Å²) in [7, 11) is 1.59. The van der Waals surface area contributed by atoms with Crippen molar-refractivity contribution in [2.75, 3.05) is 38.6 Å². The third-order valence-electron chi connectivity index (χ3n) is 5.77. The maximum absolute atomic E-state index is 12.7. The fourth-order valence-corrected chi connectivity index (χ4v) is 5.17. The number of carbonyl (C=O) groups is 1. The summed E-state index contributed by atoms with van der Waals surface area (Å²) >= 11 is 7.62. The molecule has 0 aliphatic carbocycles. The van der Waals surface area contributed by atoms with Crippen LogP contribution >= 0.6 is 22.9 Å². The van der Waals surface area contributed by atoms with E-state index < -0.39 is 0 Å². The van der Waals surface area contributed by atoms with Gasteiger partial charge in [-0.15, -0.1) is 0 Å². The minimum absolute atomic E-state index is 0.146. The van der Waals surface area contributed by atoms with Gasteiger partial charge in [-0.1, -0.05) is 47.2 Å². The van der Waals surface area contributed by atoms with Gasteiger partial charge >= 0.3 is 6.03 Å². The monoisotopic (exact) mass is 510 g/mol. The van der Waals surface area contributed by atoms with Crippen molar-refractivity contribution >= 4 is 39.6 Å². The van der Waals surface area contributed by atoms with Gasteiger partial charge in [0.05, 0.1) is 17.8 Å². The van der Waals surface area contributed by atoms with E-state index in [4.69, 9.17) is 16.3 Å². The van der Waals surface area contributed by atoms with Crippen LogP contribution in [-0.2, 0) is 6.54 Å². The Morgan fingerprint density at radius 2 is 1.91 bits per heavy atom. The molecule has 9 nitrogen and oxygen atoms in total. The molecule has 1 saturated heterocycles. The number of piperazine rings is 1. The molecular formula is C24H23ClN6O3S. The van der Waals surface area contributed by atoms with E-state index in [-0.39, 0.29) is 11.6 Å². The predicted molar refractivity (Wildman–Crippen MR) is 136 cm³/mol. The number of ether oxygens (including phenoxy) is 1. The first kappa shape index (κ1) is 23.3. The lowest BCUT2D eigenvalue weighted by molar-refractivity contribution is 0.142. The molecule has 2 amide bonds. The summed E-state index contributed by atoms with van der Waals surface area (Å²) in [6.45, 7) is 3.04. The summed E-state index contributed by atoms with van der Waals surface area (Å²) in [6.07, 6.45) is 0. The smallest absolute Gasteiger partial charge is 0.321 e. The number of nitrogens with zero attached hydrogens (tertiary/aromatic N) is 5. The Bertz CT molecular complexity index is 1430. The Kier molecular flexibility index (Phi) is 6.67. The van der Waals surface area contributed by atoms with Crippen molar-refractivity contribution in [3.8, 4) is 16.3 Å². The van der Waals surface area contributed by atoms with Crippen LogP contribution in [0.3, 0.4) is 0 Å². The van der Waals surface area contributed by atoms with Gasteiger partial charge in [0.25, 0.3) is 5.56 Å². The summed E-state index contributed by atoms with van der Waals surface area (Å²) < 4.78 is 6.52. The van der Waals surface area contributed by atoms with Crippen molar-refractivity contribution in [1.82, 2.24) is 24.4 Å². The number of urea groups is 1. The van der Waals surface area contributed by atoms with Crippen LogP contribution < -0.4 is 15.6 Å². The molecule has 0 spiro atoms. The fourth-order valence-electron chi connectivity index (χ4n) is 3.92. The minimum Gasteiger partial charge on any atom is -0.497 e. The minimum atomic E-state index is -0.226. The molecule has 5 rings (SSSR count). The van der Waals surface area contributed by atoms with Crippen LogP contribution in [-0.4, -0.2) is 63.7 Å². The quantitative estimate of drug-likeness (QED) is 0.438. The van der Waals surface area contributed by atoms with Crippen LogP contribution in [0, 0.1) is 0 Å². The van der Waals surface area contributed by atoms with Crippen molar-refractivity contribution < 1.29 is 9.53 Å². The highest BCUT2D eigenvalue weighted by molar-refractivity contribution is 7.19. The molecule has 1 N–H and O–H groups in total. The molecule has 3 heterocycles. The first-order valence-corrected chi connectivity index (χ1v) is 12.3. The van der Waals surface area contributed by atoms with Gasteiger partial charge in [0.2, 0.25) is 4.96 Å². The normalized spacial score (nSPS) is 14.3. The van der Waals surface area contributed by atoms with Crippen molar-refractivity contribution in [2.24, 2.45) is 0 Å². The molecule has 1 aliphatic rings. The largest absolute Gasteiger partial charge is 0.497 e. The van der Waals surface area contributed by atoms with E-state index in [0.29, 0.717) is 64.8 Å². The van der Waals surface area contributed by atoms with Gasteiger partial charge in [-0.2, -0.15) is 9.61 Å². The predicted octanol–water partition coefficient (Wildman–Crippen LogP) is 3.83. The van der Waals surface area contributed by atoms with Crippen LogP contribution in [0.2, 0.25) is 5.02 Å². The molecule has 0 atom stereocenters. The molecule has 35 heavy (non-hydrogen) atoms.